The first kappa shape index (κ1) is 10.8. The van der Waals surface area contributed by atoms with E-state index in [1.54, 1.807) is 0 Å². The monoisotopic (exact) mass is 246 g/mol. The molecule has 1 aromatic carbocycles. The fourth-order valence-electron chi connectivity index (χ4n) is 1.42. The molecule has 4 nitrogen and oxygen atoms in total. The second-order valence-electron chi connectivity index (χ2n) is 3.04. The molecule has 0 fully saturated rings. The molecule has 0 saturated carbocycles. The fourth-order valence-corrected chi connectivity index (χ4v) is 1.58. The summed E-state index contributed by atoms with van der Waals surface area (Å²) in [6.45, 7) is -2.91. The average Bonchev–Trinajstić information content (AvgIpc) is 2.56. The molecule has 0 spiro atoms. The summed E-state index contributed by atoms with van der Waals surface area (Å²) in [5, 5.41) is 12.5. The molecule has 0 aliphatic heterocycles. The van der Waals surface area contributed by atoms with Crippen molar-refractivity contribution in [1.29, 1.82) is 0 Å². The van der Waals surface area contributed by atoms with Crippen LogP contribution in [-0.2, 0) is 0 Å². The van der Waals surface area contributed by atoms with Crippen LogP contribution in [0.25, 0.3) is 10.9 Å². The van der Waals surface area contributed by atoms with Gasteiger partial charge in [0.2, 0.25) is 0 Å². The molecule has 1 heterocycles. The highest BCUT2D eigenvalue weighted by Gasteiger charge is 2.20. The number of carbonyl (C=O) groups is 1. The van der Waals surface area contributed by atoms with Gasteiger partial charge in [-0.3, -0.25) is 0 Å². The lowest BCUT2D eigenvalue weighted by Gasteiger charge is -2.00. The largest absolute Gasteiger partial charge is 0.476 e. The van der Waals surface area contributed by atoms with E-state index in [9.17, 15) is 13.6 Å². The molecule has 1 N–H and O–H groups in total. The van der Waals surface area contributed by atoms with Gasteiger partial charge in [-0.15, -0.1) is 0 Å². The summed E-state index contributed by atoms with van der Waals surface area (Å²) >= 11 is 5.65. The molecule has 0 radical (unpaired) electrons. The van der Waals surface area contributed by atoms with Gasteiger partial charge in [0.05, 0.1) is 5.52 Å². The molecule has 0 saturated heterocycles. The van der Waals surface area contributed by atoms with Crippen molar-refractivity contribution in [3.8, 4) is 0 Å². The standard InChI is InChI=1S/C9H5ClF2N2O2/c10-4-1-2-5-6(3-4)14(9(11)12)13-7(5)8(15)16/h1-3,9H,(H,15,16). The van der Waals surface area contributed by atoms with Gasteiger partial charge in [0.1, 0.15) is 0 Å². The third-order valence-electron chi connectivity index (χ3n) is 2.06. The number of hydrogen-bond acceptors (Lipinski definition) is 2. The Labute approximate surface area is 93.0 Å². The molecule has 0 amide bonds. The van der Waals surface area contributed by atoms with Crippen LogP contribution in [-0.4, -0.2) is 20.9 Å². The molecule has 1 aromatic heterocycles. The first-order chi connectivity index (χ1) is 7.50. The molecular formula is C9H5ClF2N2O2. The Morgan fingerprint density at radius 2 is 2.19 bits per heavy atom. The van der Waals surface area contributed by atoms with E-state index in [4.69, 9.17) is 16.7 Å². The van der Waals surface area contributed by atoms with E-state index >= 15 is 0 Å². The zero-order valence-corrected chi connectivity index (χ0v) is 8.45. The molecule has 0 aliphatic rings. The van der Waals surface area contributed by atoms with Crippen molar-refractivity contribution in [2.24, 2.45) is 0 Å². The van der Waals surface area contributed by atoms with Gasteiger partial charge in [0, 0.05) is 10.4 Å². The third kappa shape index (κ3) is 1.61. The number of hydrogen-bond donors (Lipinski definition) is 1. The van der Waals surface area contributed by atoms with Gasteiger partial charge in [0.15, 0.2) is 5.69 Å². The van der Waals surface area contributed by atoms with Gasteiger partial charge in [-0.05, 0) is 18.2 Å². The maximum absolute atomic E-state index is 12.6. The normalized spacial score (nSPS) is 11.2. The van der Waals surface area contributed by atoms with Gasteiger partial charge in [0.25, 0.3) is 0 Å². The number of carboxylic acid groups (broad SMARTS) is 1. The Hall–Kier alpha value is -1.69. The lowest BCUT2D eigenvalue weighted by Crippen LogP contribution is -2.03. The summed E-state index contributed by atoms with van der Waals surface area (Å²) in [4.78, 5) is 10.8. The van der Waals surface area contributed by atoms with E-state index < -0.39 is 18.2 Å². The minimum absolute atomic E-state index is 0.0000926. The maximum atomic E-state index is 12.6. The van der Waals surface area contributed by atoms with Crippen molar-refractivity contribution < 1.29 is 18.7 Å². The first-order valence-corrected chi connectivity index (χ1v) is 4.57. The number of nitrogens with zero attached hydrogens (tertiary/aromatic N) is 2. The van der Waals surface area contributed by atoms with Gasteiger partial charge in [-0.1, -0.05) is 11.6 Å². The molecule has 0 unspecified atom stereocenters. The number of aromatic nitrogens is 2. The first-order valence-electron chi connectivity index (χ1n) is 4.20. The molecule has 0 aliphatic carbocycles. The molecule has 84 valence electrons. The van der Waals surface area contributed by atoms with Crippen LogP contribution in [0.15, 0.2) is 18.2 Å². The van der Waals surface area contributed by atoms with E-state index in [1.807, 2.05) is 0 Å². The van der Waals surface area contributed by atoms with E-state index in [-0.39, 0.29) is 15.9 Å². The quantitative estimate of drug-likeness (QED) is 0.886. The number of fused-ring (bicyclic) bond motifs is 1. The summed E-state index contributed by atoms with van der Waals surface area (Å²) in [5.74, 6) is -1.35. The Morgan fingerprint density at radius 1 is 1.50 bits per heavy atom. The average molecular weight is 247 g/mol. The van der Waals surface area contributed by atoms with Crippen LogP contribution in [0.1, 0.15) is 17.0 Å². The van der Waals surface area contributed by atoms with Crippen LogP contribution in [0, 0.1) is 0 Å². The molecule has 2 aromatic rings. The molecule has 7 heteroatoms. The summed E-state index contributed by atoms with van der Waals surface area (Å²) in [5.41, 5.74) is -0.410. The van der Waals surface area contributed by atoms with Crippen LogP contribution in [0.2, 0.25) is 5.02 Å². The van der Waals surface area contributed by atoms with Crippen molar-refractivity contribution in [3.63, 3.8) is 0 Å². The highest BCUT2D eigenvalue weighted by Crippen LogP contribution is 2.26. The van der Waals surface area contributed by atoms with E-state index in [1.165, 1.54) is 18.2 Å². The summed E-state index contributed by atoms with van der Waals surface area (Å²) < 4.78 is 25.5. The van der Waals surface area contributed by atoms with Crippen molar-refractivity contribution >= 4 is 28.5 Å². The maximum Gasteiger partial charge on any atom is 0.357 e. The van der Waals surface area contributed by atoms with Gasteiger partial charge >= 0.3 is 12.5 Å². The van der Waals surface area contributed by atoms with Gasteiger partial charge in [-0.2, -0.15) is 13.9 Å². The SMILES string of the molecule is O=C(O)c1nn(C(F)F)c2cc(Cl)ccc12. The lowest BCUT2D eigenvalue weighted by molar-refractivity contribution is 0.0585. The molecule has 0 atom stereocenters. The number of halogens is 3. The predicted octanol–water partition coefficient (Wildman–Crippen LogP) is 2.78. The number of benzene rings is 1. The smallest absolute Gasteiger partial charge is 0.357 e. The summed E-state index contributed by atoms with van der Waals surface area (Å²) in [6.07, 6.45) is 0. The predicted molar refractivity (Wildman–Crippen MR) is 53.0 cm³/mol. The number of rotatable bonds is 2. The Balaban J connectivity index is 2.81. The Bertz CT molecular complexity index is 568. The van der Waals surface area contributed by atoms with Crippen LogP contribution in [0.5, 0.6) is 0 Å². The van der Waals surface area contributed by atoms with E-state index in [0.29, 0.717) is 4.68 Å². The van der Waals surface area contributed by atoms with Crippen molar-refractivity contribution in [2.75, 3.05) is 0 Å². The van der Waals surface area contributed by atoms with E-state index in [0.717, 1.165) is 0 Å². The van der Waals surface area contributed by atoms with Crippen molar-refractivity contribution in [2.45, 2.75) is 6.55 Å². The second kappa shape index (κ2) is 3.71. The van der Waals surface area contributed by atoms with Crippen molar-refractivity contribution in [3.05, 3.63) is 28.9 Å². The Morgan fingerprint density at radius 3 is 2.75 bits per heavy atom. The zero-order valence-electron chi connectivity index (χ0n) is 7.69. The van der Waals surface area contributed by atoms with E-state index in [2.05, 4.69) is 5.10 Å². The minimum atomic E-state index is -2.91. The summed E-state index contributed by atoms with van der Waals surface area (Å²) in [6, 6.07) is 4.03. The zero-order chi connectivity index (χ0) is 11.9. The van der Waals surface area contributed by atoms with Gasteiger partial charge in [-0.25, -0.2) is 9.48 Å². The van der Waals surface area contributed by atoms with Crippen LogP contribution < -0.4 is 0 Å². The molecule has 2 rings (SSSR count). The molecular weight excluding hydrogens is 242 g/mol. The number of alkyl halides is 2. The second-order valence-corrected chi connectivity index (χ2v) is 3.47. The van der Waals surface area contributed by atoms with Crippen LogP contribution >= 0.6 is 11.6 Å². The minimum Gasteiger partial charge on any atom is -0.476 e. The number of aromatic carboxylic acids is 1. The topological polar surface area (TPSA) is 55.1 Å². The highest BCUT2D eigenvalue weighted by molar-refractivity contribution is 6.31. The molecule has 0 bridgehead atoms. The third-order valence-corrected chi connectivity index (χ3v) is 2.29. The van der Waals surface area contributed by atoms with Crippen molar-refractivity contribution in [1.82, 2.24) is 9.78 Å². The van der Waals surface area contributed by atoms with Crippen LogP contribution in [0.4, 0.5) is 8.78 Å². The number of carboxylic acids is 1. The fraction of sp³-hybridized carbons (Fsp3) is 0.111. The Kier molecular flexibility index (Phi) is 2.51. The molecule has 16 heavy (non-hydrogen) atoms. The highest BCUT2D eigenvalue weighted by atomic mass is 35.5. The van der Waals surface area contributed by atoms with Crippen LogP contribution in [0.3, 0.4) is 0 Å². The summed E-state index contributed by atoms with van der Waals surface area (Å²) in [7, 11) is 0. The lowest BCUT2D eigenvalue weighted by atomic mass is 10.2. The van der Waals surface area contributed by atoms with Gasteiger partial charge < -0.3 is 5.11 Å².